The molecule has 122 valence electrons. The van der Waals surface area contributed by atoms with Gasteiger partial charge in [0.2, 0.25) is 0 Å². The molecule has 2 N–H and O–H groups in total. The van der Waals surface area contributed by atoms with E-state index >= 15 is 0 Å². The largest absolute Gasteiger partial charge is 0.394 e. The smallest absolute Gasteiger partial charge is 0.0613 e. The maximum absolute atomic E-state index is 9.59. The standard InChI is InChI=1S/C16H36N2O2/c1-6-15(7-2)18(12-13-20-5)11-9-10-16(8-3,14-19)17-4/h15,17,19H,6-14H2,1-5H3. The van der Waals surface area contributed by atoms with Crippen LogP contribution in [0.25, 0.3) is 0 Å². The minimum Gasteiger partial charge on any atom is -0.394 e. The summed E-state index contributed by atoms with van der Waals surface area (Å²) in [5, 5.41) is 12.9. The first-order valence-corrected chi connectivity index (χ1v) is 8.15. The van der Waals surface area contributed by atoms with Gasteiger partial charge in [0.05, 0.1) is 13.2 Å². The predicted octanol–water partition coefficient (Wildman–Crippen LogP) is 2.26. The third kappa shape index (κ3) is 6.53. The Bertz CT molecular complexity index is 208. The van der Waals surface area contributed by atoms with Crippen LogP contribution in [0.2, 0.25) is 0 Å². The number of likely N-dealkylation sites (N-methyl/N-ethyl adjacent to an activating group) is 1. The van der Waals surface area contributed by atoms with Crippen molar-refractivity contribution in [1.82, 2.24) is 10.2 Å². The summed E-state index contributed by atoms with van der Waals surface area (Å²) in [6, 6.07) is 0.643. The van der Waals surface area contributed by atoms with Crippen molar-refractivity contribution in [2.45, 2.75) is 64.5 Å². The molecule has 0 aliphatic rings. The van der Waals surface area contributed by atoms with Gasteiger partial charge in [-0.05, 0) is 45.7 Å². The van der Waals surface area contributed by atoms with Crippen LogP contribution in [0.3, 0.4) is 0 Å². The summed E-state index contributed by atoms with van der Waals surface area (Å²) in [6.45, 7) is 9.73. The molecule has 0 aromatic heterocycles. The first kappa shape index (κ1) is 19.8. The van der Waals surface area contributed by atoms with Gasteiger partial charge in [-0.3, -0.25) is 4.90 Å². The van der Waals surface area contributed by atoms with Gasteiger partial charge in [0.1, 0.15) is 0 Å². The highest BCUT2D eigenvalue weighted by Crippen LogP contribution is 2.18. The van der Waals surface area contributed by atoms with E-state index in [1.807, 2.05) is 7.05 Å². The zero-order chi connectivity index (χ0) is 15.4. The van der Waals surface area contributed by atoms with Crippen LogP contribution in [-0.2, 0) is 4.74 Å². The Morgan fingerprint density at radius 1 is 1.20 bits per heavy atom. The highest BCUT2D eigenvalue weighted by molar-refractivity contribution is 4.85. The van der Waals surface area contributed by atoms with E-state index in [9.17, 15) is 5.11 Å². The molecule has 0 radical (unpaired) electrons. The maximum atomic E-state index is 9.59. The van der Waals surface area contributed by atoms with Gasteiger partial charge in [0.25, 0.3) is 0 Å². The number of rotatable bonds is 13. The zero-order valence-electron chi connectivity index (χ0n) is 14.2. The van der Waals surface area contributed by atoms with Crippen LogP contribution >= 0.6 is 0 Å². The van der Waals surface area contributed by atoms with Crippen LogP contribution in [0, 0.1) is 0 Å². The Balaban J connectivity index is 4.37. The van der Waals surface area contributed by atoms with Crippen molar-refractivity contribution in [3.8, 4) is 0 Å². The number of aliphatic hydroxyl groups is 1. The van der Waals surface area contributed by atoms with E-state index in [-0.39, 0.29) is 12.1 Å². The highest BCUT2D eigenvalue weighted by atomic mass is 16.5. The Kier molecular flexibility index (Phi) is 11.4. The summed E-state index contributed by atoms with van der Waals surface area (Å²) < 4.78 is 5.23. The molecule has 0 spiro atoms. The van der Waals surface area contributed by atoms with Crippen LogP contribution < -0.4 is 5.32 Å². The molecule has 4 heteroatoms. The van der Waals surface area contributed by atoms with Gasteiger partial charge in [-0.25, -0.2) is 0 Å². The summed E-state index contributed by atoms with van der Waals surface area (Å²) >= 11 is 0. The lowest BCUT2D eigenvalue weighted by atomic mass is 9.91. The van der Waals surface area contributed by atoms with Crippen molar-refractivity contribution in [3.63, 3.8) is 0 Å². The fraction of sp³-hybridized carbons (Fsp3) is 1.00. The Morgan fingerprint density at radius 3 is 2.25 bits per heavy atom. The number of aliphatic hydroxyl groups excluding tert-OH is 1. The van der Waals surface area contributed by atoms with E-state index in [0.717, 1.165) is 39.0 Å². The summed E-state index contributed by atoms with van der Waals surface area (Å²) in [4.78, 5) is 2.54. The van der Waals surface area contributed by atoms with Gasteiger partial charge in [0, 0.05) is 25.2 Å². The Morgan fingerprint density at radius 2 is 1.85 bits per heavy atom. The van der Waals surface area contributed by atoms with Gasteiger partial charge in [-0.1, -0.05) is 20.8 Å². The minimum absolute atomic E-state index is 0.110. The molecule has 0 bridgehead atoms. The molecule has 1 atom stereocenters. The summed E-state index contributed by atoms with van der Waals surface area (Å²) in [7, 11) is 3.71. The zero-order valence-corrected chi connectivity index (χ0v) is 14.2. The third-order valence-corrected chi connectivity index (χ3v) is 4.65. The van der Waals surface area contributed by atoms with E-state index < -0.39 is 0 Å². The van der Waals surface area contributed by atoms with Crippen LogP contribution in [-0.4, -0.2) is 62.0 Å². The van der Waals surface area contributed by atoms with Crippen molar-refractivity contribution in [1.29, 1.82) is 0 Å². The average molecular weight is 288 g/mol. The number of ether oxygens (including phenoxy) is 1. The van der Waals surface area contributed by atoms with E-state index in [4.69, 9.17) is 4.74 Å². The molecule has 0 aliphatic carbocycles. The second-order valence-corrected chi connectivity index (χ2v) is 5.64. The first-order valence-electron chi connectivity index (χ1n) is 8.15. The fourth-order valence-corrected chi connectivity index (χ4v) is 2.86. The molecule has 0 fully saturated rings. The number of hydrogen-bond acceptors (Lipinski definition) is 4. The molecular weight excluding hydrogens is 252 g/mol. The molecule has 20 heavy (non-hydrogen) atoms. The van der Waals surface area contributed by atoms with Crippen molar-refractivity contribution < 1.29 is 9.84 Å². The average Bonchev–Trinajstić information content (AvgIpc) is 2.50. The number of nitrogens with zero attached hydrogens (tertiary/aromatic N) is 1. The number of hydrogen-bond donors (Lipinski definition) is 2. The summed E-state index contributed by atoms with van der Waals surface area (Å²) in [5.74, 6) is 0. The van der Waals surface area contributed by atoms with Gasteiger partial charge >= 0.3 is 0 Å². The third-order valence-electron chi connectivity index (χ3n) is 4.65. The second kappa shape index (κ2) is 11.5. The molecule has 0 saturated heterocycles. The van der Waals surface area contributed by atoms with E-state index in [2.05, 4.69) is 31.0 Å². The predicted molar refractivity (Wildman–Crippen MR) is 86.2 cm³/mol. The van der Waals surface area contributed by atoms with E-state index in [0.29, 0.717) is 6.04 Å². The normalized spacial score (nSPS) is 15.0. The molecular formula is C16H36N2O2. The minimum atomic E-state index is -0.110. The Labute approximate surface area is 125 Å². The Hall–Kier alpha value is -0.160. The molecule has 4 nitrogen and oxygen atoms in total. The molecule has 0 aliphatic heterocycles. The molecule has 0 amide bonds. The number of nitrogens with one attached hydrogen (secondary N) is 1. The SMILES string of the molecule is CCC(CC)N(CCCC(CC)(CO)NC)CCOC. The maximum Gasteiger partial charge on any atom is 0.0613 e. The molecule has 0 saturated carbocycles. The molecule has 0 heterocycles. The van der Waals surface area contributed by atoms with Crippen molar-refractivity contribution >= 4 is 0 Å². The van der Waals surface area contributed by atoms with Crippen molar-refractivity contribution in [2.75, 3.05) is 40.5 Å². The quantitative estimate of drug-likeness (QED) is 0.546. The highest BCUT2D eigenvalue weighted by Gasteiger charge is 2.25. The summed E-state index contributed by atoms with van der Waals surface area (Å²) in [6.07, 6.45) is 5.45. The van der Waals surface area contributed by atoms with Crippen molar-refractivity contribution in [2.24, 2.45) is 0 Å². The van der Waals surface area contributed by atoms with Crippen molar-refractivity contribution in [3.05, 3.63) is 0 Å². The molecule has 0 aromatic rings. The van der Waals surface area contributed by atoms with Crippen LogP contribution in [0.4, 0.5) is 0 Å². The van der Waals surface area contributed by atoms with Gasteiger partial charge < -0.3 is 15.2 Å². The van der Waals surface area contributed by atoms with Gasteiger partial charge in [-0.15, -0.1) is 0 Å². The lowest BCUT2D eigenvalue weighted by Crippen LogP contribution is -2.47. The fourth-order valence-electron chi connectivity index (χ4n) is 2.86. The van der Waals surface area contributed by atoms with Crippen LogP contribution in [0.5, 0.6) is 0 Å². The van der Waals surface area contributed by atoms with Gasteiger partial charge in [-0.2, -0.15) is 0 Å². The molecule has 0 rings (SSSR count). The van der Waals surface area contributed by atoms with E-state index in [1.165, 1.54) is 12.8 Å². The summed E-state index contributed by atoms with van der Waals surface area (Å²) in [5.41, 5.74) is -0.110. The lowest BCUT2D eigenvalue weighted by Gasteiger charge is -2.34. The topological polar surface area (TPSA) is 44.7 Å². The monoisotopic (exact) mass is 288 g/mol. The number of methoxy groups -OCH3 is 1. The van der Waals surface area contributed by atoms with Gasteiger partial charge in [0.15, 0.2) is 0 Å². The van der Waals surface area contributed by atoms with E-state index in [1.54, 1.807) is 7.11 Å². The molecule has 1 unspecified atom stereocenters. The second-order valence-electron chi connectivity index (χ2n) is 5.64. The molecule has 0 aromatic carbocycles. The lowest BCUT2D eigenvalue weighted by molar-refractivity contribution is 0.104. The first-order chi connectivity index (χ1) is 9.62. The van der Waals surface area contributed by atoms with Crippen LogP contribution in [0.1, 0.15) is 52.9 Å². The van der Waals surface area contributed by atoms with Crippen LogP contribution in [0.15, 0.2) is 0 Å².